The normalized spacial score (nSPS) is 23.5. The number of carbonyl (C=O) groups excluding carboxylic acids is 2. The second-order valence-corrected chi connectivity index (χ2v) is 7.81. The molecule has 1 fully saturated rings. The molecule has 1 heterocycles. The van der Waals surface area contributed by atoms with E-state index in [9.17, 15) is 9.59 Å². The van der Waals surface area contributed by atoms with E-state index in [0.717, 1.165) is 6.42 Å². The van der Waals surface area contributed by atoms with Gasteiger partial charge in [-0.05, 0) is 56.4 Å². The Morgan fingerprint density at radius 3 is 2.45 bits per heavy atom. The quantitative estimate of drug-likeness (QED) is 0.598. The van der Waals surface area contributed by atoms with E-state index in [2.05, 4.69) is 22.8 Å². The first-order chi connectivity index (χ1) is 15.1. The van der Waals surface area contributed by atoms with Gasteiger partial charge in [-0.3, -0.25) is 9.59 Å². The van der Waals surface area contributed by atoms with E-state index in [0.29, 0.717) is 42.7 Å². The Balaban J connectivity index is 1.50. The van der Waals surface area contributed by atoms with Gasteiger partial charge in [0.15, 0.2) is 0 Å². The number of fused-ring (bicyclic) bond motifs is 2. The summed E-state index contributed by atoms with van der Waals surface area (Å²) < 4.78 is 16.5. The first-order valence-electron chi connectivity index (χ1n) is 10.8. The van der Waals surface area contributed by atoms with E-state index < -0.39 is 11.8 Å². The summed E-state index contributed by atoms with van der Waals surface area (Å²) in [5.41, 5.74) is 0.555. The third-order valence-electron chi connectivity index (χ3n) is 5.90. The van der Waals surface area contributed by atoms with Crippen LogP contribution in [0.4, 0.5) is 5.69 Å². The highest BCUT2D eigenvalue weighted by Gasteiger charge is 2.51. The van der Waals surface area contributed by atoms with E-state index in [1.807, 2.05) is 26.0 Å². The van der Waals surface area contributed by atoms with Gasteiger partial charge in [-0.1, -0.05) is 12.2 Å². The minimum absolute atomic E-state index is 0.0509. The van der Waals surface area contributed by atoms with Gasteiger partial charge in [-0.15, -0.1) is 0 Å². The Kier molecular flexibility index (Phi) is 6.30. The lowest BCUT2D eigenvalue weighted by molar-refractivity contribution is -0.133. The fourth-order valence-corrected chi connectivity index (χ4v) is 4.60. The molecule has 0 radical (unpaired) electrons. The summed E-state index contributed by atoms with van der Waals surface area (Å²) in [7, 11) is 0. The number of furan rings is 1. The number of carbonyl (C=O) groups is 2. The average molecular weight is 424 g/mol. The Bertz CT molecular complexity index is 953. The van der Waals surface area contributed by atoms with Gasteiger partial charge in [-0.25, -0.2) is 0 Å². The van der Waals surface area contributed by atoms with Crippen LogP contribution in [0.15, 0.2) is 53.2 Å². The van der Waals surface area contributed by atoms with Crippen molar-refractivity contribution in [2.45, 2.75) is 26.8 Å². The van der Waals surface area contributed by atoms with Crippen molar-refractivity contribution in [1.29, 1.82) is 0 Å². The number of anilines is 1. The lowest BCUT2D eigenvalue weighted by atomic mass is 9.81. The molecule has 7 nitrogen and oxygen atoms in total. The maximum Gasteiger partial charge on any atom is 0.229 e. The molecule has 0 spiro atoms. The molecule has 2 N–H and O–H groups in total. The molecule has 0 unspecified atom stereocenters. The number of rotatable bonds is 9. The zero-order chi connectivity index (χ0) is 21.8. The standard InChI is InChI=1S/C24H28N2O5/c1-3-29-17-9-10-20(30-4-2)19(13-17)26-24(28)22-16-8-7-15(12-16)21(22)23(27)25-14-18-6-5-11-31-18/h5-11,13,15-16,21-22H,3-4,12,14H2,1-2H3,(H,25,27)(H,26,28)/t15-,16-,21+,22-/m1/s1. The first kappa shape index (κ1) is 21.0. The topological polar surface area (TPSA) is 89.8 Å². The third-order valence-corrected chi connectivity index (χ3v) is 5.90. The minimum atomic E-state index is -0.433. The molecule has 2 aromatic rings. The summed E-state index contributed by atoms with van der Waals surface area (Å²) in [5, 5.41) is 5.93. The molecule has 1 aromatic carbocycles. The molecule has 2 aliphatic rings. The van der Waals surface area contributed by atoms with Crippen LogP contribution in [0.5, 0.6) is 11.5 Å². The lowest BCUT2D eigenvalue weighted by Crippen LogP contribution is -2.41. The van der Waals surface area contributed by atoms with Gasteiger partial charge in [-0.2, -0.15) is 0 Å². The molecule has 2 bridgehead atoms. The molecule has 0 aliphatic heterocycles. The van der Waals surface area contributed by atoms with Crippen molar-refractivity contribution in [2.75, 3.05) is 18.5 Å². The molecule has 4 atom stereocenters. The van der Waals surface area contributed by atoms with E-state index in [1.165, 1.54) is 0 Å². The number of hydrogen-bond acceptors (Lipinski definition) is 5. The van der Waals surface area contributed by atoms with E-state index >= 15 is 0 Å². The van der Waals surface area contributed by atoms with Crippen LogP contribution in [-0.4, -0.2) is 25.0 Å². The summed E-state index contributed by atoms with van der Waals surface area (Å²) in [6.45, 7) is 5.11. The van der Waals surface area contributed by atoms with Crippen molar-refractivity contribution in [1.82, 2.24) is 5.32 Å². The van der Waals surface area contributed by atoms with E-state index in [4.69, 9.17) is 13.9 Å². The zero-order valence-corrected chi connectivity index (χ0v) is 17.8. The molecule has 2 aliphatic carbocycles. The van der Waals surface area contributed by atoms with Crippen LogP contribution in [-0.2, 0) is 16.1 Å². The van der Waals surface area contributed by atoms with Gasteiger partial charge in [0.25, 0.3) is 0 Å². The maximum absolute atomic E-state index is 13.3. The second kappa shape index (κ2) is 9.29. The minimum Gasteiger partial charge on any atom is -0.494 e. The molecule has 1 saturated carbocycles. The molecule has 1 aromatic heterocycles. The molecule has 31 heavy (non-hydrogen) atoms. The van der Waals surface area contributed by atoms with Gasteiger partial charge in [0, 0.05) is 6.07 Å². The van der Waals surface area contributed by atoms with Crippen LogP contribution < -0.4 is 20.1 Å². The van der Waals surface area contributed by atoms with Crippen molar-refractivity contribution in [3.63, 3.8) is 0 Å². The van der Waals surface area contributed by atoms with Crippen molar-refractivity contribution in [2.24, 2.45) is 23.7 Å². The van der Waals surface area contributed by atoms with Gasteiger partial charge in [0.1, 0.15) is 17.3 Å². The second-order valence-electron chi connectivity index (χ2n) is 7.81. The number of ether oxygens (including phenoxy) is 2. The van der Waals surface area contributed by atoms with Gasteiger partial charge < -0.3 is 24.5 Å². The van der Waals surface area contributed by atoms with Crippen LogP contribution in [0.1, 0.15) is 26.0 Å². The van der Waals surface area contributed by atoms with Gasteiger partial charge in [0.2, 0.25) is 11.8 Å². The molecular formula is C24H28N2O5. The Hall–Kier alpha value is -3.22. The fourth-order valence-electron chi connectivity index (χ4n) is 4.60. The van der Waals surface area contributed by atoms with Crippen LogP contribution in [0, 0.1) is 23.7 Å². The van der Waals surface area contributed by atoms with Crippen molar-refractivity contribution in [3.8, 4) is 11.5 Å². The van der Waals surface area contributed by atoms with Crippen molar-refractivity contribution >= 4 is 17.5 Å². The summed E-state index contributed by atoms with van der Waals surface area (Å²) in [4.78, 5) is 26.3. The Labute approximate surface area is 181 Å². The number of amides is 2. The summed E-state index contributed by atoms with van der Waals surface area (Å²) in [6.07, 6.45) is 6.51. The predicted molar refractivity (Wildman–Crippen MR) is 116 cm³/mol. The van der Waals surface area contributed by atoms with Crippen molar-refractivity contribution < 1.29 is 23.5 Å². The SMILES string of the molecule is CCOc1ccc(OCC)c(NC(=O)[C@H]2[C@@H](C(=O)NCc3ccco3)[C@@H]3C=C[C@@H]2C3)c1. The number of benzene rings is 1. The summed E-state index contributed by atoms with van der Waals surface area (Å²) >= 11 is 0. The number of allylic oxidation sites excluding steroid dienone is 2. The molecule has 4 rings (SSSR count). The average Bonchev–Trinajstić information content (AvgIpc) is 3.51. The highest BCUT2D eigenvalue weighted by Crippen LogP contribution is 2.48. The monoisotopic (exact) mass is 424 g/mol. The largest absolute Gasteiger partial charge is 0.494 e. The summed E-state index contributed by atoms with van der Waals surface area (Å²) in [6, 6.07) is 8.96. The Morgan fingerprint density at radius 2 is 1.77 bits per heavy atom. The fraction of sp³-hybridized carbons (Fsp3) is 0.417. The Morgan fingerprint density at radius 1 is 1.03 bits per heavy atom. The molecule has 2 amide bonds. The number of hydrogen-bond donors (Lipinski definition) is 2. The van der Waals surface area contributed by atoms with E-state index in [1.54, 1.807) is 24.5 Å². The summed E-state index contributed by atoms with van der Waals surface area (Å²) in [5.74, 6) is 0.896. The van der Waals surface area contributed by atoms with Crippen molar-refractivity contribution in [3.05, 3.63) is 54.5 Å². The molecular weight excluding hydrogens is 396 g/mol. The smallest absolute Gasteiger partial charge is 0.229 e. The predicted octanol–water partition coefficient (Wildman–Crippen LogP) is 3.77. The highest BCUT2D eigenvalue weighted by atomic mass is 16.5. The maximum atomic E-state index is 13.3. The third kappa shape index (κ3) is 4.45. The first-order valence-corrected chi connectivity index (χ1v) is 10.8. The van der Waals surface area contributed by atoms with Crippen LogP contribution in [0.3, 0.4) is 0 Å². The van der Waals surface area contributed by atoms with Crippen LogP contribution in [0.2, 0.25) is 0 Å². The van der Waals surface area contributed by atoms with Crippen LogP contribution in [0.25, 0.3) is 0 Å². The molecule has 0 saturated heterocycles. The van der Waals surface area contributed by atoms with Gasteiger partial charge in [0.05, 0.1) is 43.5 Å². The highest BCUT2D eigenvalue weighted by molar-refractivity contribution is 5.98. The lowest BCUT2D eigenvalue weighted by Gasteiger charge is -2.26. The zero-order valence-electron chi connectivity index (χ0n) is 17.8. The van der Waals surface area contributed by atoms with Crippen LogP contribution >= 0.6 is 0 Å². The number of nitrogens with one attached hydrogen (secondary N) is 2. The van der Waals surface area contributed by atoms with E-state index in [-0.39, 0.29) is 23.7 Å². The molecule has 7 heteroatoms. The van der Waals surface area contributed by atoms with Gasteiger partial charge >= 0.3 is 0 Å². The molecule has 164 valence electrons.